The van der Waals surface area contributed by atoms with Gasteiger partial charge in [-0.05, 0) is 109 Å². The first-order valence-electron chi connectivity index (χ1n) is 26.2. The molecule has 0 spiro atoms. The number of hydrogen-bond donors (Lipinski definition) is 4. The van der Waals surface area contributed by atoms with Crippen molar-refractivity contribution < 1.29 is 36.8 Å². The fourth-order valence-electron chi connectivity index (χ4n) is 6.96. The molecule has 4 aromatic carbocycles. The Hall–Kier alpha value is -7.00. The molecule has 0 unspecified atom stereocenters. The van der Waals surface area contributed by atoms with Crippen LogP contribution in [0.3, 0.4) is 0 Å². The van der Waals surface area contributed by atoms with E-state index in [2.05, 4.69) is 60.3 Å². The molecule has 0 radical (unpaired) electrons. The Morgan fingerprint density at radius 3 is 0.765 bits per heavy atom. The second kappa shape index (κ2) is 33.7. The van der Waals surface area contributed by atoms with E-state index < -0.39 is 0 Å². The first-order chi connectivity index (χ1) is 38.9. The molecule has 81 heavy (non-hydrogen) atoms. The third-order valence-electron chi connectivity index (χ3n) is 12.1. The number of rotatable bonds is 21. The lowest BCUT2D eigenvalue weighted by Gasteiger charge is -1.98. The van der Waals surface area contributed by atoms with Gasteiger partial charge in [-0.15, -0.1) is 47.0 Å². The summed E-state index contributed by atoms with van der Waals surface area (Å²) in [6.45, 7) is 15.9. The molecule has 4 heterocycles. The average molecular weight is 1180 g/mol. The SMILES string of the molecule is CCc1ccc(-c2nc(CSCC(=O)NC)c(C)o2)cc1.CNC(=O)CSCc1nc(-c2ccc(C)cc2)oc1C.CNC(=O)CSCc1nc(-c2ccc(C)cc2)oc1C.CNC(=O)CSCc1nc(-c2ccc(C)cc2)oc1C. The van der Waals surface area contributed by atoms with Crippen LogP contribution in [0.25, 0.3) is 45.8 Å². The Balaban J connectivity index is 0.000000198. The zero-order chi connectivity index (χ0) is 58.8. The summed E-state index contributed by atoms with van der Waals surface area (Å²) in [6, 6.07) is 32.5. The van der Waals surface area contributed by atoms with Crippen LogP contribution in [0, 0.1) is 48.5 Å². The van der Waals surface area contributed by atoms with Crippen molar-refractivity contribution in [3.63, 3.8) is 0 Å². The molecular formula is C61H74N8O8S4. The van der Waals surface area contributed by atoms with Crippen molar-refractivity contribution in [1.29, 1.82) is 0 Å². The molecule has 0 atom stereocenters. The fourth-order valence-corrected chi connectivity index (χ4v) is 10.5. The number of carbonyl (C=O) groups excluding carboxylic acids is 4. The Labute approximate surface area is 492 Å². The molecule has 0 bridgehead atoms. The molecule has 0 aliphatic rings. The number of nitrogens with one attached hydrogen (secondary N) is 4. The third-order valence-corrected chi connectivity index (χ3v) is 15.9. The number of aromatic nitrogens is 4. The maximum atomic E-state index is 11.2. The fraction of sp³-hybridized carbons (Fsp3) is 0.344. The van der Waals surface area contributed by atoms with Crippen molar-refractivity contribution in [2.45, 2.75) is 84.8 Å². The minimum Gasteiger partial charge on any atom is -0.441 e. The molecular weight excluding hydrogens is 1100 g/mol. The summed E-state index contributed by atoms with van der Waals surface area (Å²) in [4.78, 5) is 62.8. The predicted molar refractivity (Wildman–Crippen MR) is 331 cm³/mol. The molecule has 8 rings (SSSR count). The Morgan fingerprint density at radius 2 is 0.568 bits per heavy atom. The van der Waals surface area contributed by atoms with Crippen LogP contribution in [0.2, 0.25) is 0 Å². The lowest BCUT2D eigenvalue weighted by atomic mass is 10.1. The van der Waals surface area contributed by atoms with Gasteiger partial charge in [0.2, 0.25) is 47.2 Å². The number of nitrogens with zero attached hydrogens (tertiary/aromatic N) is 4. The van der Waals surface area contributed by atoms with Crippen molar-refractivity contribution >= 4 is 70.7 Å². The van der Waals surface area contributed by atoms with Crippen molar-refractivity contribution in [2.24, 2.45) is 0 Å². The predicted octanol–water partition coefficient (Wildman–Crippen LogP) is 12.0. The van der Waals surface area contributed by atoms with Crippen molar-refractivity contribution in [3.8, 4) is 45.8 Å². The number of oxazole rings is 4. The van der Waals surface area contributed by atoms with Gasteiger partial charge in [-0.25, -0.2) is 19.9 Å². The van der Waals surface area contributed by atoms with Crippen LogP contribution >= 0.6 is 47.0 Å². The van der Waals surface area contributed by atoms with Gasteiger partial charge in [0.05, 0.1) is 45.8 Å². The first-order valence-corrected chi connectivity index (χ1v) is 30.8. The summed E-state index contributed by atoms with van der Waals surface area (Å²) in [5.41, 5.74) is 12.4. The number of aryl methyl sites for hydroxylation is 8. The molecule has 4 aromatic heterocycles. The summed E-state index contributed by atoms with van der Waals surface area (Å²) in [7, 11) is 6.56. The molecule has 430 valence electrons. The van der Waals surface area contributed by atoms with Crippen molar-refractivity contribution in [2.75, 3.05) is 51.2 Å². The molecule has 0 saturated heterocycles. The van der Waals surface area contributed by atoms with E-state index in [1.54, 1.807) is 28.2 Å². The highest BCUT2D eigenvalue weighted by molar-refractivity contribution is 7.99. The van der Waals surface area contributed by atoms with Gasteiger partial charge < -0.3 is 38.9 Å². The normalized spacial score (nSPS) is 10.6. The molecule has 0 saturated carbocycles. The van der Waals surface area contributed by atoms with Crippen molar-refractivity contribution in [3.05, 3.63) is 165 Å². The lowest BCUT2D eigenvalue weighted by molar-refractivity contribution is -0.118. The highest BCUT2D eigenvalue weighted by Crippen LogP contribution is 2.28. The Kier molecular flexibility index (Phi) is 27.0. The molecule has 20 heteroatoms. The number of carbonyl (C=O) groups is 4. The average Bonchev–Trinajstić information content (AvgIpc) is 4.27. The van der Waals surface area contributed by atoms with Crippen LogP contribution in [0.4, 0.5) is 0 Å². The van der Waals surface area contributed by atoms with E-state index in [0.29, 0.717) is 69.6 Å². The molecule has 4 N–H and O–H groups in total. The van der Waals surface area contributed by atoms with Crippen LogP contribution in [0.5, 0.6) is 0 Å². The molecule has 4 amide bonds. The quantitative estimate of drug-likeness (QED) is 0.0525. The van der Waals surface area contributed by atoms with E-state index in [0.717, 1.165) is 74.5 Å². The van der Waals surface area contributed by atoms with Gasteiger partial charge in [-0.1, -0.05) is 72.1 Å². The van der Waals surface area contributed by atoms with Crippen LogP contribution in [0.15, 0.2) is 115 Å². The minimum absolute atomic E-state index is 0.0231. The van der Waals surface area contributed by atoms with Crippen LogP contribution in [-0.4, -0.2) is 94.8 Å². The molecule has 8 aromatic rings. The lowest BCUT2D eigenvalue weighted by Crippen LogP contribution is -2.19. The standard InChI is InChI=1S/C16H20N2O2S.3C15H18N2O2S/c1-4-12-5-7-13(8-6-12)16-18-14(11(2)20-16)9-21-10-15(19)17-3;3*1-10-4-6-12(7-5-10)15-17-13(11(2)19-15)8-20-9-14(18)16-3/h5-8H,4,9-10H2,1-3H3,(H,17,19);3*4-7H,8-9H2,1-3H3,(H,16,18). The first kappa shape index (κ1) is 64.8. The maximum absolute atomic E-state index is 11.2. The van der Waals surface area contributed by atoms with Gasteiger partial charge in [0.1, 0.15) is 23.0 Å². The molecule has 16 nitrogen and oxygen atoms in total. The smallest absolute Gasteiger partial charge is 0.229 e. The topological polar surface area (TPSA) is 221 Å². The largest absolute Gasteiger partial charge is 0.441 e. The van der Waals surface area contributed by atoms with Gasteiger partial charge in [0.25, 0.3) is 0 Å². The molecule has 0 aliphatic carbocycles. The van der Waals surface area contributed by atoms with Gasteiger partial charge >= 0.3 is 0 Å². The summed E-state index contributed by atoms with van der Waals surface area (Å²) in [5.74, 6) is 10.3. The van der Waals surface area contributed by atoms with E-state index >= 15 is 0 Å². The Morgan fingerprint density at radius 1 is 0.358 bits per heavy atom. The monoisotopic (exact) mass is 1170 g/mol. The van der Waals surface area contributed by atoms with Crippen LogP contribution in [-0.2, 0) is 48.6 Å². The van der Waals surface area contributed by atoms with E-state index in [4.69, 9.17) is 17.7 Å². The highest BCUT2D eigenvalue weighted by atomic mass is 32.2. The number of thioether (sulfide) groups is 4. The second-order valence-corrected chi connectivity index (χ2v) is 22.3. The van der Waals surface area contributed by atoms with E-state index in [-0.39, 0.29) is 23.6 Å². The second-order valence-electron chi connectivity index (χ2n) is 18.4. The summed E-state index contributed by atoms with van der Waals surface area (Å²) in [6.07, 6.45) is 1.02. The molecule has 0 fully saturated rings. The van der Waals surface area contributed by atoms with Gasteiger partial charge in [0.15, 0.2) is 0 Å². The number of hydrogen-bond acceptors (Lipinski definition) is 16. The minimum atomic E-state index is 0.0231. The van der Waals surface area contributed by atoms with Gasteiger partial charge in [0, 0.05) is 73.5 Å². The Bertz CT molecular complexity index is 2990. The zero-order valence-electron chi connectivity index (χ0n) is 48.3. The summed E-state index contributed by atoms with van der Waals surface area (Å²) < 4.78 is 22.8. The number of amides is 4. The van der Waals surface area contributed by atoms with Gasteiger partial charge in [-0.2, -0.15) is 0 Å². The van der Waals surface area contributed by atoms with E-state index in [1.807, 2.05) is 133 Å². The van der Waals surface area contributed by atoms with Crippen molar-refractivity contribution in [1.82, 2.24) is 41.2 Å². The van der Waals surface area contributed by atoms with Gasteiger partial charge in [-0.3, -0.25) is 19.2 Å². The van der Waals surface area contributed by atoms with Crippen LogP contribution < -0.4 is 21.3 Å². The number of benzene rings is 4. The summed E-state index contributed by atoms with van der Waals surface area (Å²) in [5, 5.41) is 10.4. The highest BCUT2D eigenvalue weighted by Gasteiger charge is 2.16. The third kappa shape index (κ3) is 21.4. The zero-order valence-corrected chi connectivity index (χ0v) is 51.6. The van der Waals surface area contributed by atoms with E-state index in [1.165, 1.54) is 69.3 Å². The summed E-state index contributed by atoms with van der Waals surface area (Å²) >= 11 is 6.12. The maximum Gasteiger partial charge on any atom is 0.229 e. The van der Waals surface area contributed by atoms with Crippen LogP contribution in [0.1, 0.15) is 75.0 Å². The van der Waals surface area contributed by atoms with E-state index in [9.17, 15) is 19.2 Å². The molecule has 0 aliphatic heterocycles.